The number of nitrogens with one attached hydrogen (secondary N) is 1. The number of carbonyl (C=O) groups excluding carboxylic acids is 1. The van der Waals surface area contributed by atoms with Gasteiger partial charge >= 0.3 is 0 Å². The highest BCUT2D eigenvalue weighted by atomic mass is 32.2. The van der Waals surface area contributed by atoms with Gasteiger partial charge in [0.25, 0.3) is 0 Å². The summed E-state index contributed by atoms with van der Waals surface area (Å²) in [5.41, 5.74) is 2.67. The number of hydrogen-bond donors (Lipinski definition) is 1. The van der Waals surface area contributed by atoms with Crippen LogP contribution in [0.2, 0.25) is 0 Å². The molecule has 7 heteroatoms. The van der Waals surface area contributed by atoms with E-state index in [0.29, 0.717) is 38.3 Å². The molecule has 0 aliphatic heterocycles. The van der Waals surface area contributed by atoms with Crippen LogP contribution in [0.15, 0.2) is 18.2 Å². The molecule has 0 unspecified atom stereocenters. The van der Waals surface area contributed by atoms with E-state index in [1.54, 1.807) is 0 Å². The van der Waals surface area contributed by atoms with Crippen molar-refractivity contribution in [2.24, 2.45) is 0 Å². The van der Waals surface area contributed by atoms with Gasteiger partial charge in [-0.05, 0) is 56.9 Å². The Balaban J connectivity index is 2.54. The lowest BCUT2D eigenvalue weighted by Crippen LogP contribution is -2.32. The Kier molecular flexibility index (Phi) is 8.92. The van der Waals surface area contributed by atoms with Crippen LogP contribution in [0, 0.1) is 13.8 Å². The number of nitrogens with zero attached hydrogens (tertiary/aromatic N) is 1. The minimum Gasteiger partial charge on any atom is -0.382 e. The zero-order chi connectivity index (χ0) is 18.9. The van der Waals surface area contributed by atoms with Crippen LogP contribution in [-0.4, -0.2) is 46.9 Å². The van der Waals surface area contributed by atoms with E-state index in [0.717, 1.165) is 17.5 Å². The first-order chi connectivity index (χ1) is 11.7. The van der Waals surface area contributed by atoms with Crippen molar-refractivity contribution in [3.63, 3.8) is 0 Å². The molecule has 6 nitrogen and oxygen atoms in total. The Morgan fingerprint density at radius 3 is 2.36 bits per heavy atom. The van der Waals surface area contributed by atoms with Crippen LogP contribution in [-0.2, 0) is 19.6 Å². The van der Waals surface area contributed by atoms with Gasteiger partial charge in [-0.3, -0.25) is 9.10 Å². The third-order valence-corrected chi connectivity index (χ3v) is 4.85. The van der Waals surface area contributed by atoms with Gasteiger partial charge in [-0.1, -0.05) is 6.07 Å². The van der Waals surface area contributed by atoms with E-state index in [9.17, 15) is 13.2 Å². The number of ether oxygens (including phenoxy) is 1. The molecule has 1 rings (SSSR count). The fourth-order valence-corrected chi connectivity index (χ4v) is 3.55. The van der Waals surface area contributed by atoms with Gasteiger partial charge < -0.3 is 10.1 Å². The smallest absolute Gasteiger partial charge is 0.232 e. The van der Waals surface area contributed by atoms with Crippen LogP contribution in [0.25, 0.3) is 0 Å². The molecule has 0 bridgehead atoms. The predicted octanol–water partition coefficient (Wildman–Crippen LogP) is 2.39. The van der Waals surface area contributed by atoms with Gasteiger partial charge in [-0.25, -0.2) is 8.42 Å². The highest BCUT2D eigenvalue weighted by Crippen LogP contribution is 2.21. The molecule has 1 N–H and O–H groups in total. The van der Waals surface area contributed by atoms with Crippen LogP contribution < -0.4 is 9.62 Å². The molecule has 1 amide bonds. The van der Waals surface area contributed by atoms with E-state index < -0.39 is 10.0 Å². The summed E-state index contributed by atoms with van der Waals surface area (Å²) in [5, 5.41) is 2.83. The third-order valence-electron chi connectivity index (χ3n) is 3.65. The topological polar surface area (TPSA) is 75.7 Å². The summed E-state index contributed by atoms with van der Waals surface area (Å²) < 4.78 is 30.8. The van der Waals surface area contributed by atoms with E-state index in [1.807, 2.05) is 39.0 Å². The van der Waals surface area contributed by atoms with E-state index in [4.69, 9.17) is 4.74 Å². The van der Waals surface area contributed by atoms with Crippen LogP contribution >= 0.6 is 0 Å². The van der Waals surface area contributed by atoms with E-state index in [2.05, 4.69) is 5.32 Å². The minimum absolute atomic E-state index is 0.0645. The Hall–Kier alpha value is -1.60. The molecular weight excluding hydrogens is 340 g/mol. The molecule has 0 saturated heterocycles. The lowest BCUT2D eigenvalue weighted by atomic mass is 10.1. The number of aryl methyl sites for hydroxylation is 2. The summed E-state index contributed by atoms with van der Waals surface area (Å²) in [6, 6.07) is 5.70. The first-order valence-corrected chi connectivity index (χ1v) is 10.5. The number of amides is 1. The number of benzene rings is 1. The zero-order valence-electron chi connectivity index (χ0n) is 15.7. The maximum atomic E-state index is 12.1. The highest BCUT2D eigenvalue weighted by molar-refractivity contribution is 7.92. The van der Waals surface area contributed by atoms with Crippen LogP contribution in [0.4, 0.5) is 5.69 Å². The SMILES string of the molecule is CCOCCCNC(=O)CCCN(c1cc(C)cc(C)c1)S(C)(=O)=O. The van der Waals surface area contributed by atoms with Crippen molar-refractivity contribution in [1.82, 2.24) is 5.32 Å². The molecular formula is C18H30N2O4S. The predicted molar refractivity (Wildman–Crippen MR) is 101 cm³/mol. The Bertz CT molecular complexity index is 639. The van der Waals surface area contributed by atoms with Gasteiger partial charge in [0, 0.05) is 32.7 Å². The molecule has 0 atom stereocenters. The molecule has 0 aromatic heterocycles. The average Bonchev–Trinajstić information content (AvgIpc) is 2.49. The Morgan fingerprint density at radius 2 is 1.80 bits per heavy atom. The van der Waals surface area contributed by atoms with Crippen molar-refractivity contribution in [3.8, 4) is 0 Å². The fraction of sp³-hybridized carbons (Fsp3) is 0.611. The zero-order valence-corrected chi connectivity index (χ0v) is 16.5. The first kappa shape index (κ1) is 21.4. The normalized spacial score (nSPS) is 11.4. The molecule has 142 valence electrons. The maximum Gasteiger partial charge on any atom is 0.232 e. The summed E-state index contributed by atoms with van der Waals surface area (Å²) in [5.74, 6) is -0.0645. The lowest BCUT2D eigenvalue weighted by Gasteiger charge is -2.23. The monoisotopic (exact) mass is 370 g/mol. The molecule has 0 radical (unpaired) electrons. The van der Waals surface area contributed by atoms with Crippen molar-refractivity contribution >= 4 is 21.6 Å². The molecule has 25 heavy (non-hydrogen) atoms. The van der Waals surface area contributed by atoms with Gasteiger partial charge in [-0.15, -0.1) is 0 Å². The summed E-state index contributed by atoms with van der Waals surface area (Å²) in [6.07, 6.45) is 2.74. The molecule has 0 spiro atoms. The first-order valence-electron chi connectivity index (χ1n) is 8.64. The Labute approximate surface area is 151 Å². The van der Waals surface area contributed by atoms with Gasteiger partial charge in [0.15, 0.2) is 0 Å². The van der Waals surface area contributed by atoms with Gasteiger partial charge in [0.05, 0.1) is 11.9 Å². The Morgan fingerprint density at radius 1 is 1.16 bits per heavy atom. The molecule has 1 aromatic rings. The second kappa shape index (κ2) is 10.4. The second-order valence-corrected chi connectivity index (χ2v) is 8.09. The summed E-state index contributed by atoms with van der Waals surface area (Å²) in [6.45, 7) is 7.97. The largest absolute Gasteiger partial charge is 0.382 e. The van der Waals surface area contributed by atoms with Gasteiger partial charge in [0.1, 0.15) is 0 Å². The molecule has 0 aliphatic rings. The molecule has 0 aliphatic carbocycles. The van der Waals surface area contributed by atoms with Crippen LogP contribution in [0.5, 0.6) is 0 Å². The lowest BCUT2D eigenvalue weighted by molar-refractivity contribution is -0.121. The van der Waals surface area contributed by atoms with Crippen molar-refractivity contribution in [1.29, 1.82) is 0 Å². The van der Waals surface area contributed by atoms with Crippen molar-refractivity contribution in [3.05, 3.63) is 29.3 Å². The quantitative estimate of drug-likeness (QED) is 0.607. The summed E-state index contributed by atoms with van der Waals surface area (Å²) in [4.78, 5) is 11.8. The number of rotatable bonds is 11. The van der Waals surface area contributed by atoms with Crippen molar-refractivity contribution in [2.45, 2.75) is 40.0 Å². The van der Waals surface area contributed by atoms with Crippen LogP contribution in [0.3, 0.4) is 0 Å². The standard InChI is InChI=1S/C18H30N2O4S/c1-5-24-11-7-9-19-18(21)8-6-10-20(25(4,22)23)17-13-15(2)12-16(3)14-17/h12-14H,5-11H2,1-4H3,(H,19,21). The van der Waals surface area contributed by atoms with Gasteiger partial charge in [0.2, 0.25) is 15.9 Å². The van der Waals surface area contributed by atoms with Crippen molar-refractivity contribution in [2.75, 3.05) is 36.9 Å². The summed E-state index contributed by atoms with van der Waals surface area (Å²) >= 11 is 0. The number of carbonyl (C=O) groups is 1. The summed E-state index contributed by atoms with van der Waals surface area (Å²) in [7, 11) is -3.39. The molecule has 1 aromatic carbocycles. The van der Waals surface area contributed by atoms with E-state index in [1.165, 1.54) is 10.6 Å². The molecule has 0 fully saturated rings. The maximum absolute atomic E-state index is 12.1. The number of anilines is 1. The average molecular weight is 371 g/mol. The molecule has 0 saturated carbocycles. The third kappa shape index (κ3) is 8.36. The van der Waals surface area contributed by atoms with Gasteiger partial charge in [-0.2, -0.15) is 0 Å². The second-order valence-electron chi connectivity index (χ2n) is 6.19. The fourth-order valence-electron chi connectivity index (χ4n) is 2.60. The van der Waals surface area contributed by atoms with Crippen molar-refractivity contribution < 1.29 is 17.9 Å². The number of hydrogen-bond acceptors (Lipinski definition) is 4. The van der Waals surface area contributed by atoms with E-state index in [-0.39, 0.29) is 12.5 Å². The minimum atomic E-state index is -3.39. The molecule has 0 heterocycles. The number of sulfonamides is 1. The van der Waals surface area contributed by atoms with Crippen LogP contribution in [0.1, 0.15) is 37.3 Å². The highest BCUT2D eigenvalue weighted by Gasteiger charge is 2.18. The van der Waals surface area contributed by atoms with E-state index >= 15 is 0 Å².